The zero-order valence-corrected chi connectivity index (χ0v) is 16.4. The number of aryl methyl sites for hydroxylation is 2. The van der Waals surface area contributed by atoms with Gasteiger partial charge in [-0.2, -0.15) is 5.10 Å². The highest BCUT2D eigenvalue weighted by molar-refractivity contribution is 7.92. The Morgan fingerprint density at radius 2 is 1.79 bits per heavy atom. The van der Waals surface area contributed by atoms with Crippen LogP contribution in [-0.2, 0) is 17.1 Å². The second-order valence-electron chi connectivity index (χ2n) is 6.08. The molecule has 1 heterocycles. The molecule has 9 heteroatoms. The summed E-state index contributed by atoms with van der Waals surface area (Å²) >= 11 is 0. The van der Waals surface area contributed by atoms with Crippen molar-refractivity contribution in [3.05, 3.63) is 65.9 Å². The Bertz CT molecular complexity index is 1110. The van der Waals surface area contributed by atoms with Gasteiger partial charge in [-0.3, -0.25) is 14.2 Å². The minimum Gasteiger partial charge on any atom is -0.495 e. The summed E-state index contributed by atoms with van der Waals surface area (Å²) in [6.07, 6.45) is 0. The first kappa shape index (κ1) is 19.4. The highest BCUT2D eigenvalue weighted by Crippen LogP contribution is 2.26. The number of anilines is 2. The number of carbonyl (C=O) groups excluding carboxylic acids is 1. The molecule has 0 saturated heterocycles. The lowest BCUT2D eigenvalue weighted by Gasteiger charge is -2.12. The van der Waals surface area contributed by atoms with Crippen LogP contribution in [0.4, 0.5) is 11.5 Å². The molecule has 3 rings (SSSR count). The van der Waals surface area contributed by atoms with E-state index in [9.17, 15) is 13.2 Å². The van der Waals surface area contributed by atoms with Gasteiger partial charge in [0.25, 0.3) is 15.9 Å². The van der Waals surface area contributed by atoms with Gasteiger partial charge in [-0.15, -0.1) is 0 Å². The lowest BCUT2D eigenvalue weighted by molar-refractivity contribution is 0.102. The molecule has 2 N–H and O–H groups in total. The standard InChI is InChI=1S/C19H20N4O4S/c1-13-12-18(23(2)21-13)20-19(24)14-8-10-15(11-9-14)28(25,26)22-16-6-4-5-7-17(16)27-3/h4-12,22H,1-3H3,(H,20,24). The SMILES string of the molecule is COc1ccccc1NS(=O)(=O)c1ccc(C(=O)Nc2cc(C)nn2C)cc1. The molecule has 0 radical (unpaired) electrons. The number of rotatable bonds is 6. The van der Waals surface area contributed by atoms with Crippen LogP contribution >= 0.6 is 0 Å². The molecule has 0 aliphatic heterocycles. The maximum absolute atomic E-state index is 12.6. The third kappa shape index (κ3) is 4.15. The smallest absolute Gasteiger partial charge is 0.262 e. The maximum Gasteiger partial charge on any atom is 0.262 e. The molecule has 0 aliphatic rings. The quantitative estimate of drug-likeness (QED) is 0.662. The van der Waals surface area contributed by atoms with Gasteiger partial charge in [-0.1, -0.05) is 12.1 Å². The summed E-state index contributed by atoms with van der Waals surface area (Å²) in [5, 5.41) is 6.90. The number of para-hydroxylation sites is 2. The van der Waals surface area contributed by atoms with Gasteiger partial charge in [0.1, 0.15) is 11.6 Å². The van der Waals surface area contributed by atoms with Crippen molar-refractivity contribution in [2.45, 2.75) is 11.8 Å². The fourth-order valence-corrected chi connectivity index (χ4v) is 3.70. The molecule has 1 aromatic heterocycles. The second kappa shape index (κ2) is 7.73. The number of sulfonamides is 1. The van der Waals surface area contributed by atoms with Crippen molar-refractivity contribution in [2.75, 3.05) is 17.1 Å². The zero-order chi connectivity index (χ0) is 20.3. The Balaban J connectivity index is 1.77. The topological polar surface area (TPSA) is 102 Å². The number of amides is 1. The van der Waals surface area contributed by atoms with Crippen molar-refractivity contribution < 1.29 is 17.9 Å². The molecular formula is C19H20N4O4S. The first-order valence-corrected chi connectivity index (χ1v) is 9.86. The molecule has 0 saturated carbocycles. The number of aromatic nitrogens is 2. The van der Waals surface area contributed by atoms with Gasteiger partial charge in [-0.25, -0.2) is 8.42 Å². The minimum atomic E-state index is -3.83. The summed E-state index contributed by atoms with van der Waals surface area (Å²) in [6.45, 7) is 1.82. The highest BCUT2D eigenvalue weighted by Gasteiger charge is 2.17. The Morgan fingerprint density at radius 1 is 1.11 bits per heavy atom. The lowest BCUT2D eigenvalue weighted by atomic mass is 10.2. The predicted molar refractivity (Wildman–Crippen MR) is 106 cm³/mol. The van der Waals surface area contributed by atoms with E-state index in [1.165, 1.54) is 31.4 Å². The molecular weight excluding hydrogens is 380 g/mol. The number of nitrogens with one attached hydrogen (secondary N) is 2. The van der Waals surface area contributed by atoms with Crippen LogP contribution in [0.3, 0.4) is 0 Å². The molecule has 0 bridgehead atoms. The van der Waals surface area contributed by atoms with Crippen molar-refractivity contribution in [2.24, 2.45) is 7.05 Å². The van der Waals surface area contributed by atoms with Crippen LogP contribution in [0.15, 0.2) is 59.5 Å². The van der Waals surface area contributed by atoms with Gasteiger partial charge >= 0.3 is 0 Å². The monoisotopic (exact) mass is 400 g/mol. The van der Waals surface area contributed by atoms with Crippen molar-refractivity contribution in [3.8, 4) is 5.75 Å². The number of hydrogen-bond donors (Lipinski definition) is 2. The predicted octanol–water partition coefficient (Wildman–Crippen LogP) is 2.79. The van der Waals surface area contributed by atoms with Crippen LogP contribution in [0.5, 0.6) is 5.75 Å². The van der Waals surface area contributed by atoms with Crippen LogP contribution in [-0.4, -0.2) is 31.2 Å². The Morgan fingerprint density at radius 3 is 2.39 bits per heavy atom. The summed E-state index contributed by atoms with van der Waals surface area (Å²) in [5.74, 6) is 0.607. The summed E-state index contributed by atoms with van der Waals surface area (Å²) < 4.78 is 34.4. The number of carbonyl (C=O) groups is 1. The van der Waals surface area contributed by atoms with E-state index < -0.39 is 10.0 Å². The highest BCUT2D eigenvalue weighted by atomic mass is 32.2. The third-order valence-corrected chi connectivity index (χ3v) is 5.40. The first-order chi connectivity index (χ1) is 13.3. The van der Waals surface area contributed by atoms with E-state index in [1.54, 1.807) is 42.1 Å². The van der Waals surface area contributed by atoms with Gasteiger partial charge in [0, 0.05) is 18.7 Å². The summed E-state index contributed by atoms with van der Waals surface area (Å²) in [7, 11) is -0.640. The fourth-order valence-electron chi connectivity index (χ4n) is 2.63. The van der Waals surface area contributed by atoms with Gasteiger partial charge in [0.15, 0.2) is 0 Å². The van der Waals surface area contributed by atoms with E-state index in [4.69, 9.17) is 4.74 Å². The molecule has 0 atom stereocenters. The van der Waals surface area contributed by atoms with Gasteiger partial charge in [-0.05, 0) is 43.3 Å². The molecule has 8 nitrogen and oxygen atoms in total. The van der Waals surface area contributed by atoms with E-state index in [1.807, 2.05) is 6.92 Å². The summed E-state index contributed by atoms with van der Waals surface area (Å²) in [4.78, 5) is 12.4. The molecule has 1 amide bonds. The van der Waals surface area contributed by atoms with E-state index in [0.717, 1.165) is 5.69 Å². The zero-order valence-electron chi connectivity index (χ0n) is 15.6. The Kier molecular flexibility index (Phi) is 5.36. The van der Waals surface area contributed by atoms with Crippen LogP contribution in [0.25, 0.3) is 0 Å². The Hall–Kier alpha value is -3.33. The average molecular weight is 400 g/mol. The van der Waals surface area contributed by atoms with E-state index in [-0.39, 0.29) is 10.8 Å². The largest absolute Gasteiger partial charge is 0.495 e. The van der Waals surface area contributed by atoms with Crippen LogP contribution in [0.1, 0.15) is 16.1 Å². The van der Waals surface area contributed by atoms with Gasteiger partial charge < -0.3 is 10.1 Å². The molecule has 0 spiro atoms. The Labute approximate surface area is 163 Å². The van der Waals surface area contributed by atoms with Gasteiger partial charge in [0.05, 0.1) is 23.4 Å². The number of benzene rings is 2. The molecule has 3 aromatic rings. The molecule has 0 aliphatic carbocycles. The maximum atomic E-state index is 12.6. The van der Waals surface area contributed by atoms with E-state index >= 15 is 0 Å². The lowest BCUT2D eigenvalue weighted by Crippen LogP contribution is -2.16. The van der Waals surface area contributed by atoms with Crippen molar-refractivity contribution in [3.63, 3.8) is 0 Å². The average Bonchev–Trinajstić information content (AvgIpc) is 2.99. The molecule has 146 valence electrons. The number of hydrogen-bond acceptors (Lipinski definition) is 5. The minimum absolute atomic E-state index is 0.0336. The van der Waals surface area contributed by atoms with Crippen molar-refractivity contribution in [1.82, 2.24) is 9.78 Å². The van der Waals surface area contributed by atoms with Crippen LogP contribution in [0, 0.1) is 6.92 Å². The van der Waals surface area contributed by atoms with Crippen LogP contribution < -0.4 is 14.8 Å². The summed E-state index contributed by atoms with van der Waals surface area (Å²) in [6, 6.07) is 14.1. The van der Waals surface area contributed by atoms with Crippen molar-refractivity contribution in [1.29, 1.82) is 0 Å². The number of methoxy groups -OCH3 is 1. The van der Waals surface area contributed by atoms with Gasteiger partial charge in [0.2, 0.25) is 0 Å². The van der Waals surface area contributed by atoms with E-state index in [2.05, 4.69) is 15.1 Å². The number of nitrogens with zero attached hydrogens (tertiary/aromatic N) is 2. The molecule has 0 unspecified atom stereocenters. The molecule has 2 aromatic carbocycles. The second-order valence-corrected chi connectivity index (χ2v) is 7.76. The summed E-state index contributed by atoms with van der Waals surface area (Å²) in [5.41, 5.74) is 1.44. The molecule has 28 heavy (non-hydrogen) atoms. The number of ether oxygens (including phenoxy) is 1. The first-order valence-electron chi connectivity index (χ1n) is 8.38. The van der Waals surface area contributed by atoms with Crippen molar-refractivity contribution >= 4 is 27.4 Å². The third-order valence-electron chi connectivity index (χ3n) is 4.02. The van der Waals surface area contributed by atoms with Crippen LogP contribution in [0.2, 0.25) is 0 Å². The molecule has 0 fully saturated rings. The van der Waals surface area contributed by atoms with E-state index in [0.29, 0.717) is 22.8 Å². The fraction of sp³-hybridized carbons (Fsp3) is 0.158. The normalized spacial score (nSPS) is 11.1.